The van der Waals surface area contributed by atoms with Crippen LogP contribution in [0.2, 0.25) is 0 Å². The van der Waals surface area contributed by atoms with Crippen LogP contribution in [0.25, 0.3) is 0 Å². The van der Waals surface area contributed by atoms with E-state index in [1.54, 1.807) is 14.2 Å². The number of ether oxygens (including phenoxy) is 2. The van der Waals surface area contributed by atoms with Gasteiger partial charge in [-0.15, -0.1) is 0 Å². The summed E-state index contributed by atoms with van der Waals surface area (Å²) >= 11 is 0. The van der Waals surface area contributed by atoms with Crippen LogP contribution in [0.1, 0.15) is 50.8 Å². The Bertz CT molecular complexity index is 455. The molecule has 0 bridgehead atoms. The first-order valence-electron chi connectivity index (χ1n) is 7.65. The van der Waals surface area contributed by atoms with Crippen LogP contribution in [0.5, 0.6) is 11.5 Å². The van der Waals surface area contributed by atoms with E-state index in [2.05, 4.69) is 32.2 Å². The summed E-state index contributed by atoms with van der Waals surface area (Å²) < 4.78 is 11.0. The molecule has 2 atom stereocenters. The highest BCUT2D eigenvalue weighted by atomic mass is 16.5. The van der Waals surface area contributed by atoms with Gasteiger partial charge in [-0.3, -0.25) is 0 Å². The summed E-state index contributed by atoms with van der Waals surface area (Å²) in [5.41, 5.74) is 2.70. The van der Waals surface area contributed by atoms with E-state index in [0.717, 1.165) is 17.9 Å². The molecule has 1 aromatic carbocycles. The Hall–Kier alpha value is -1.22. The molecule has 1 aliphatic heterocycles. The topological polar surface area (TPSA) is 30.5 Å². The third kappa shape index (κ3) is 2.78. The quantitative estimate of drug-likeness (QED) is 0.890. The lowest BCUT2D eigenvalue weighted by Crippen LogP contribution is -2.40. The van der Waals surface area contributed by atoms with Crippen molar-refractivity contribution in [1.29, 1.82) is 0 Å². The number of nitrogens with one attached hydrogen (secondary N) is 1. The van der Waals surface area contributed by atoms with Crippen molar-refractivity contribution in [2.45, 2.75) is 52.1 Å². The zero-order chi connectivity index (χ0) is 14.7. The molecule has 1 N–H and O–H groups in total. The van der Waals surface area contributed by atoms with Gasteiger partial charge in [-0.05, 0) is 30.9 Å². The maximum atomic E-state index is 5.59. The average molecular weight is 277 g/mol. The molecule has 0 fully saturated rings. The molecule has 0 aliphatic carbocycles. The second kappa shape index (κ2) is 6.49. The number of fused-ring (bicyclic) bond motifs is 1. The summed E-state index contributed by atoms with van der Waals surface area (Å²) in [7, 11) is 3.46. The number of benzene rings is 1. The zero-order valence-electron chi connectivity index (χ0n) is 13.3. The van der Waals surface area contributed by atoms with Crippen LogP contribution < -0.4 is 14.8 Å². The molecule has 2 unspecified atom stereocenters. The van der Waals surface area contributed by atoms with Crippen molar-refractivity contribution < 1.29 is 9.47 Å². The number of rotatable bonds is 5. The monoisotopic (exact) mass is 277 g/mol. The SMILES string of the molecule is CCC(CC)C1NC(C)Cc2c(OC)cc(OC)cc21. The molecule has 0 spiro atoms. The Morgan fingerprint density at radius 3 is 2.45 bits per heavy atom. The molecule has 2 rings (SSSR count). The van der Waals surface area contributed by atoms with Gasteiger partial charge in [-0.25, -0.2) is 0 Å². The molecule has 3 nitrogen and oxygen atoms in total. The van der Waals surface area contributed by atoms with Crippen molar-refractivity contribution >= 4 is 0 Å². The first-order chi connectivity index (χ1) is 9.64. The van der Waals surface area contributed by atoms with Crippen LogP contribution in [0.3, 0.4) is 0 Å². The zero-order valence-corrected chi connectivity index (χ0v) is 13.3. The second-order valence-corrected chi connectivity index (χ2v) is 5.72. The highest BCUT2D eigenvalue weighted by molar-refractivity contribution is 5.49. The van der Waals surface area contributed by atoms with Crippen LogP contribution in [0, 0.1) is 5.92 Å². The van der Waals surface area contributed by atoms with Crippen molar-refractivity contribution in [2.75, 3.05) is 14.2 Å². The third-order valence-corrected chi connectivity index (χ3v) is 4.50. The highest BCUT2D eigenvalue weighted by Crippen LogP contribution is 2.40. The fraction of sp³-hybridized carbons (Fsp3) is 0.647. The van der Waals surface area contributed by atoms with Gasteiger partial charge in [-0.2, -0.15) is 0 Å². The van der Waals surface area contributed by atoms with Crippen molar-refractivity contribution in [3.8, 4) is 11.5 Å². The van der Waals surface area contributed by atoms with E-state index < -0.39 is 0 Å². The maximum absolute atomic E-state index is 5.59. The first kappa shape index (κ1) is 15.2. The standard InChI is InChI=1S/C17H27NO2/c1-6-12(7-2)17-15-9-13(19-4)10-16(20-5)14(15)8-11(3)18-17/h9-12,17-18H,6-8H2,1-5H3. The van der Waals surface area contributed by atoms with Gasteiger partial charge in [0.05, 0.1) is 14.2 Å². The summed E-state index contributed by atoms with van der Waals surface area (Å²) in [6.45, 7) is 6.79. The van der Waals surface area contributed by atoms with Gasteiger partial charge >= 0.3 is 0 Å². The van der Waals surface area contributed by atoms with Crippen molar-refractivity contribution in [3.63, 3.8) is 0 Å². The van der Waals surface area contributed by atoms with Crippen LogP contribution >= 0.6 is 0 Å². The fourth-order valence-corrected chi connectivity index (χ4v) is 3.35. The molecule has 0 saturated heterocycles. The predicted octanol–water partition coefficient (Wildman–Crippen LogP) is 3.72. The largest absolute Gasteiger partial charge is 0.497 e. The molecule has 1 aliphatic rings. The lowest BCUT2D eigenvalue weighted by atomic mass is 9.81. The summed E-state index contributed by atoms with van der Waals surface area (Å²) in [5, 5.41) is 3.77. The molecule has 0 saturated carbocycles. The van der Waals surface area contributed by atoms with Crippen molar-refractivity contribution in [2.24, 2.45) is 5.92 Å². The fourth-order valence-electron chi connectivity index (χ4n) is 3.35. The van der Waals surface area contributed by atoms with Gasteiger partial charge in [-0.1, -0.05) is 26.7 Å². The molecular formula is C17H27NO2. The van der Waals surface area contributed by atoms with E-state index in [9.17, 15) is 0 Å². The molecule has 1 aromatic rings. The molecule has 0 amide bonds. The van der Waals surface area contributed by atoms with Gasteiger partial charge in [0.2, 0.25) is 0 Å². The number of hydrogen-bond donors (Lipinski definition) is 1. The molecule has 112 valence electrons. The van der Waals surface area contributed by atoms with Crippen LogP contribution in [0.15, 0.2) is 12.1 Å². The van der Waals surface area contributed by atoms with Gasteiger partial charge in [0.25, 0.3) is 0 Å². The molecule has 0 aromatic heterocycles. The second-order valence-electron chi connectivity index (χ2n) is 5.72. The molecule has 0 radical (unpaired) electrons. The van der Waals surface area contributed by atoms with Gasteiger partial charge in [0.15, 0.2) is 0 Å². The summed E-state index contributed by atoms with van der Waals surface area (Å²) in [5.74, 6) is 2.49. The average Bonchev–Trinajstić information content (AvgIpc) is 2.47. The van der Waals surface area contributed by atoms with E-state index in [-0.39, 0.29) is 0 Å². The highest BCUT2D eigenvalue weighted by Gasteiger charge is 2.31. The number of hydrogen-bond acceptors (Lipinski definition) is 3. The Morgan fingerprint density at radius 2 is 1.90 bits per heavy atom. The molecule has 1 heterocycles. The Labute approximate surface area is 122 Å². The summed E-state index contributed by atoms with van der Waals surface area (Å²) in [4.78, 5) is 0. The van der Waals surface area contributed by atoms with Gasteiger partial charge in [0, 0.05) is 23.7 Å². The molecular weight excluding hydrogens is 250 g/mol. The Morgan fingerprint density at radius 1 is 1.20 bits per heavy atom. The first-order valence-corrected chi connectivity index (χ1v) is 7.65. The smallest absolute Gasteiger partial charge is 0.126 e. The Balaban J connectivity index is 2.51. The van der Waals surface area contributed by atoms with Crippen LogP contribution in [-0.4, -0.2) is 20.3 Å². The molecule has 20 heavy (non-hydrogen) atoms. The van der Waals surface area contributed by atoms with Gasteiger partial charge < -0.3 is 14.8 Å². The van der Waals surface area contributed by atoms with E-state index in [0.29, 0.717) is 18.0 Å². The predicted molar refractivity (Wildman–Crippen MR) is 82.7 cm³/mol. The minimum atomic E-state index is 0.396. The van der Waals surface area contributed by atoms with Crippen LogP contribution in [-0.2, 0) is 6.42 Å². The lowest BCUT2D eigenvalue weighted by molar-refractivity contribution is 0.290. The summed E-state index contributed by atoms with van der Waals surface area (Å²) in [6, 6.07) is 5.06. The molecule has 3 heteroatoms. The lowest BCUT2D eigenvalue weighted by Gasteiger charge is -2.37. The van der Waals surface area contributed by atoms with E-state index >= 15 is 0 Å². The van der Waals surface area contributed by atoms with Gasteiger partial charge in [0.1, 0.15) is 11.5 Å². The van der Waals surface area contributed by atoms with Crippen molar-refractivity contribution in [1.82, 2.24) is 5.32 Å². The minimum Gasteiger partial charge on any atom is -0.497 e. The normalized spacial score (nSPS) is 21.7. The van der Waals surface area contributed by atoms with E-state index in [1.807, 2.05) is 6.07 Å². The maximum Gasteiger partial charge on any atom is 0.126 e. The van der Waals surface area contributed by atoms with E-state index in [1.165, 1.54) is 24.0 Å². The summed E-state index contributed by atoms with van der Waals surface area (Å²) in [6.07, 6.45) is 3.37. The van der Waals surface area contributed by atoms with Crippen molar-refractivity contribution in [3.05, 3.63) is 23.3 Å². The van der Waals surface area contributed by atoms with Crippen LogP contribution in [0.4, 0.5) is 0 Å². The number of methoxy groups -OCH3 is 2. The third-order valence-electron chi connectivity index (χ3n) is 4.50. The van der Waals surface area contributed by atoms with E-state index in [4.69, 9.17) is 9.47 Å². The Kier molecular flexibility index (Phi) is 4.92. The minimum absolute atomic E-state index is 0.396.